The van der Waals surface area contributed by atoms with Gasteiger partial charge in [-0.2, -0.15) is 36.5 Å². The molecular weight excluding hydrogens is 1110 g/mol. The number of alkyl halides is 6. The normalized spacial score (nSPS) is 21.0. The highest BCUT2D eigenvalue weighted by Crippen LogP contribution is 2.66. The Labute approximate surface area is 473 Å². The molecule has 2 aliphatic carbocycles. The third-order valence-corrected chi connectivity index (χ3v) is 16.0. The van der Waals surface area contributed by atoms with E-state index in [4.69, 9.17) is 39.2 Å². The van der Waals surface area contributed by atoms with Gasteiger partial charge in [-0.1, -0.05) is 24.3 Å². The van der Waals surface area contributed by atoms with Crippen LogP contribution in [0.3, 0.4) is 0 Å². The molecular formula is C58H54F6N12O8. The summed E-state index contributed by atoms with van der Waals surface area (Å²) < 4.78 is 74.3. The first kappa shape index (κ1) is 56.6. The second-order valence-electron chi connectivity index (χ2n) is 20.8. The number of aliphatic carboxylic acids is 2. The Morgan fingerprint density at radius 1 is 0.560 bits per heavy atom. The molecule has 26 heteroatoms. The van der Waals surface area contributed by atoms with Crippen molar-refractivity contribution in [2.45, 2.75) is 47.9 Å². The summed E-state index contributed by atoms with van der Waals surface area (Å²) in [5, 5.41) is 44.8. The number of ether oxygens (including phenoxy) is 2. The Hall–Kier alpha value is -9.30. The number of carboxylic acids is 2. The third kappa shape index (κ3) is 10.7. The number of halogens is 6. The summed E-state index contributed by atoms with van der Waals surface area (Å²) in [6.45, 7) is 7.82. The van der Waals surface area contributed by atoms with Gasteiger partial charge in [-0.25, -0.2) is 19.6 Å². The number of piperazine rings is 2. The van der Waals surface area contributed by atoms with E-state index in [-0.39, 0.29) is 23.7 Å². The van der Waals surface area contributed by atoms with Crippen molar-refractivity contribution in [2.24, 2.45) is 0 Å². The number of carbonyl (C=O) groups excluding carboxylic acids is 2. The number of hydrogen-bond acceptors (Lipinski definition) is 14. The molecule has 20 nitrogen and oxygen atoms in total. The molecule has 0 bridgehead atoms. The van der Waals surface area contributed by atoms with Crippen molar-refractivity contribution in [1.82, 2.24) is 41.0 Å². The van der Waals surface area contributed by atoms with Crippen molar-refractivity contribution < 1.29 is 65.2 Å². The Morgan fingerprint density at radius 3 is 1.27 bits per heavy atom. The van der Waals surface area contributed by atoms with Crippen LogP contribution in [0.5, 0.6) is 11.5 Å². The van der Waals surface area contributed by atoms with Gasteiger partial charge in [0.05, 0.1) is 36.1 Å². The summed E-state index contributed by atoms with van der Waals surface area (Å²) in [4.78, 5) is 57.8. The number of rotatable bonds is 8. The van der Waals surface area contributed by atoms with E-state index in [1.54, 1.807) is 14.2 Å². The van der Waals surface area contributed by atoms with Crippen molar-refractivity contribution in [3.05, 3.63) is 132 Å². The van der Waals surface area contributed by atoms with Crippen molar-refractivity contribution in [2.75, 3.05) is 87.0 Å². The van der Waals surface area contributed by atoms with Gasteiger partial charge in [-0.05, 0) is 108 Å². The van der Waals surface area contributed by atoms with E-state index in [0.717, 1.165) is 166 Å². The van der Waals surface area contributed by atoms with Crippen LogP contribution in [0.25, 0.3) is 44.3 Å². The second-order valence-corrected chi connectivity index (χ2v) is 20.8. The molecule has 2 amide bonds. The monoisotopic (exact) mass is 1160 g/mol. The maximum atomic E-state index is 13.0. The summed E-state index contributed by atoms with van der Waals surface area (Å²) in [6, 6.07) is 32.7. The lowest BCUT2D eigenvalue weighted by atomic mass is 9.91. The number of carbonyl (C=O) groups is 4. The first-order valence-electron chi connectivity index (χ1n) is 26.6. The van der Waals surface area contributed by atoms with Crippen molar-refractivity contribution in [3.63, 3.8) is 0 Å². The van der Waals surface area contributed by atoms with E-state index >= 15 is 0 Å². The summed E-state index contributed by atoms with van der Waals surface area (Å²) in [6.07, 6.45) is -4.76. The number of methoxy groups -OCH3 is 2. The number of hydrogen-bond donors (Lipinski definition) is 8. The molecule has 4 aliphatic heterocycles. The van der Waals surface area contributed by atoms with Gasteiger partial charge in [0.2, 0.25) is 11.8 Å². The maximum absolute atomic E-state index is 13.0. The van der Waals surface area contributed by atoms with Gasteiger partial charge < -0.3 is 50.8 Å². The zero-order valence-electron chi connectivity index (χ0n) is 44.9. The number of anilines is 4. The molecule has 0 radical (unpaired) electrons. The molecule has 4 aromatic carbocycles. The van der Waals surface area contributed by atoms with E-state index in [9.17, 15) is 35.9 Å². The number of carboxylic acid groups (broad SMARTS) is 2. The molecule has 4 aromatic heterocycles. The minimum Gasteiger partial charge on any atom is -0.497 e. The van der Waals surface area contributed by atoms with Crippen molar-refractivity contribution in [1.29, 1.82) is 0 Å². The topological polar surface area (TPSA) is 265 Å². The lowest BCUT2D eigenvalue weighted by Gasteiger charge is -2.28. The molecule has 436 valence electrons. The van der Waals surface area contributed by atoms with Crippen LogP contribution in [0.4, 0.5) is 49.4 Å². The predicted molar refractivity (Wildman–Crippen MR) is 298 cm³/mol. The molecule has 8 N–H and O–H groups in total. The standard InChI is InChI=1S/2C27H26N6O2.2C2HF3O2/c2*1-35-18-4-6-22-20(13-18)27(26(34)30-22)14-21(27)16-2-5-19-23(12-16)31-32-25(19)17-3-7-24(29-15-17)33-10-8-28-9-11-33;2*3-2(4,5)1(6)7/h2*2-7,12-13,15,21,28H,8-11,14H2,1H3,(H,30,34)(H,31,32);2*(H,6,7)/t2*21-,27-;;/m00../s1. The minimum absolute atomic E-state index is 0.0757. The third-order valence-electron chi connectivity index (χ3n) is 16.0. The molecule has 14 rings (SSSR count). The molecule has 2 spiro atoms. The number of aromatic nitrogens is 6. The average Bonchev–Trinajstić information content (AvgIpc) is 2.68. The summed E-state index contributed by atoms with van der Waals surface area (Å²) in [5.74, 6) is -1.55. The summed E-state index contributed by atoms with van der Waals surface area (Å²) in [5.41, 5.74) is 10.8. The predicted octanol–water partition coefficient (Wildman–Crippen LogP) is 8.11. The zero-order chi connectivity index (χ0) is 59.3. The lowest BCUT2D eigenvalue weighted by Crippen LogP contribution is -2.43. The average molecular weight is 1160 g/mol. The highest BCUT2D eigenvalue weighted by atomic mass is 19.4. The van der Waals surface area contributed by atoms with Gasteiger partial charge in [-0.15, -0.1) is 0 Å². The number of aromatic amines is 2. The van der Waals surface area contributed by atoms with Crippen LogP contribution >= 0.6 is 0 Å². The number of H-pyrrole nitrogens is 2. The van der Waals surface area contributed by atoms with E-state index in [0.29, 0.717) is 0 Å². The van der Waals surface area contributed by atoms with Crippen LogP contribution in [0.1, 0.15) is 46.9 Å². The molecule has 8 heterocycles. The second kappa shape index (κ2) is 22.1. The fraction of sp³-hybridized carbons (Fsp3) is 0.310. The van der Waals surface area contributed by atoms with Crippen LogP contribution in [0.15, 0.2) is 109 Å². The molecule has 6 aliphatic rings. The summed E-state index contributed by atoms with van der Waals surface area (Å²) >= 11 is 0. The quantitative estimate of drug-likeness (QED) is 0.0668. The smallest absolute Gasteiger partial charge is 0.490 e. The van der Waals surface area contributed by atoms with E-state index in [1.165, 1.54) is 0 Å². The van der Waals surface area contributed by atoms with Gasteiger partial charge in [-0.3, -0.25) is 19.8 Å². The Morgan fingerprint density at radius 2 is 0.940 bits per heavy atom. The van der Waals surface area contributed by atoms with E-state index in [1.807, 2.05) is 48.8 Å². The SMILES string of the molecule is COc1ccc2c(c1)[C@]1(C[C@H]1c1ccc3c(-c4ccc(N5CCNCC5)nc4)n[nH]c3c1)C(=O)N2.COc1ccc2c(c1)[C@]1(C[C@H]1c1ccc3c(-c4ccc(N5CCNCC5)nc4)n[nH]c3c1)C(=O)N2.O=C(O)C(F)(F)F.O=C(O)C(F)(F)F. The minimum atomic E-state index is -5.08. The highest BCUT2D eigenvalue weighted by molar-refractivity contribution is 6.11. The van der Waals surface area contributed by atoms with Gasteiger partial charge >= 0.3 is 24.3 Å². The van der Waals surface area contributed by atoms with Crippen molar-refractivity contribution in [3.8, 4) is 34.0 Å². The molecule has 84 heavy (non-hydrogen) atoms. The first-order chi connectivity index (χ1) is 40.2. The summed E-state index contributed by atoms with van der Waals surface area (Å²) in [7, 11) is 3.31. The lowest BCUT2D eigenvalue weighted by molar-refractivity contribution is -0.193. The number of amides is 2. The largest absolute Gasteiger partial charge is 0.497 e. The number of pyridine rings is 2. The van der Waals surface area contributed by atoms with Crippen LogP contribution < -0.4 is 40.5 Å². The van der Waals surface area contributed by atoms with Crippen LogP contribution in [-0.2, 0) is 30.0 Å². The van der Waals surface area contributed by atoms with Crippen LogP contribution in [-0.4, -0.2) is 143 Å². The molecule has 0 unspecified atom stereocenters. The van der Waals surface area contributed by atoms with Crippen LogP contribution in [0.2, 0.25) is 0 Å². The van der Waals surface area contributed by atoms with E-state index in [2.05, 4.69) is 112 Å². The number of nitrogens with one attached hydrogen (secondary N) is 6. The Balaban J connectivity index is 0.000000143. The van der Waals surface area contributed by atoms with Gasteiger partial charge in [0.25, 0.3) is 0 Å². The molecule has 8 aromatic rings. The first-order valence-corrected chi connectivity index (χ1v) is 26.6. The van der Waals surface area contributed by atoms with Gasteiger partial charge in [0.15, 0.2) is 0 Å². The fourth-order valence-electron chi connectivity index (χ4n) is 11.6. The van der Waals surface area contributed by atoms with E-state index < -0.39 is 35.1 Å². The van der Waals surface area contributed by atoms with Crippen LogP contribution in [0, 0.1) is 0 Å². The Kier molecular flexibility index (Phi) is 14.9. The molecule has 2 saturated heterocycles. The number of nitrogens with zero attached hydrogens (tertiary/aromatic N) is 6. The molecule has 4 fully saturated rings. The zero-order valence-corrected chi connectivity index (χ0v) is 44.9. The fourth-order valence-corrected chi connectivity index (χ4v) is 11.6. The Bertz CT molecular complexity index is 3580. The molecule has 4 atom stereocenters. The number of fused-ring (bicyclic) bond motifs is 6. The van der Waals surface area contributed by atoms with Crippen molar-refractivity contribution >= 4 is 68.6 Å². The highest BCUT2D eigenvalue weighted by Gasteiger charge is 2.66. The number of benzene rings is 4. The van der Waals surface area contributed by atoms with Gasteiger partial charge in [0, 0.05) is 110 Å². The molecule has 2 saturated carbocycles. The maximum Gasteiger partial charge on any atom is 0.490 e. The van der Waals surface area contributed by atoms with Gasteiger partial charge in [0.1, 0.15) is 34.5 Å².